The zero-order chi connectivity index (χ0) is 10.9. The maximum Gasteiger partial charge on any atom is 0.320 e. The first kappa shape index (κ1) is 13.9. The van der Waals surface area contributed by atoms with Crippen molar-refractivity contribution in [2.24, 2.45) is 5.73 Å². The van der Waals surface area contributed by atoms with Crippen molar-refractivity contribution in [2.75, 3.05) is 0 Å². The minimum absolute atomic E-state index is 0.0231. The van der Waals surface area contributed by atoms with Crippen LogP contribution in [0.5, 0.6) is 0 Å². The minimum Gasteiger partial charge on any atom is -0.481 e. The summed E-state index contributed by atoms with van der Waals surface area (Å²) < 4.78 is 0. The Morgan fingerprint density at radius 1 is 1.54 bits per heavy atom. The molecule has 0 rings (SSSR count). The van der Waals surface area contributed by atoms with Crippen molar-refractivity contribution in [3.05, 3.63) is 0 Å². The predicted molar refractivity (Wildman–Crippen MR) is 43.8 cm³/mol. The van der Waals surface area contributed by atoms with Gasteiger partial charge in [0.15, 0.2) is 0 Å². The number of nitrogens with two attached hydrogens (primary N) is 1. The summed E-state index contributed by atoms with van der Waals surface area (Å²) in [5.74, 6) is -2.20. The van der Waals surface area contributed by atoms with Gasteiger partial charge >= 0.3 is 11.9 Å². The first-order valence-electron chi connectivity index (χ1n) is 3.46. The topological polar surface area (TPSA) is 124 Å². The van der Waals surface area contributed by atoms with Crippen LogP contribution in [0.4, 0.5) is 0 Å². The number of hydrogen-bond donors (Lipinski definition) is 3. The lowest BCUT2D eigenvalue weighted by molar-refractivity contribution is -0.139. The van der Waals surface area contributed by atoms with Gasteiger partial charge in [0.2, 0.25) is 0 Å². The molecule has 0 aliphatic rings. The molecular weight excluding hydrogens is 176 g/mol. The maximum atomic E-state index is 9.99. The van der Waals surface area contributed by atoms with Gasteiger partial charge in [-0.2, -0.15) is 5.26 Å². The molecule has 0 radical (unpaired) electrons. The highest BCUT2D eigenvalue weighted by molar-refractivity contribution is 5.74. The molecule has 0 unspecified atom stereocenters. The number of aliphatic carboxylic acids is 2. The van der Waals surface area contributed by atoms with Gasteiger partial charge in [0.05, 0.1) is 6.07 Å². The molecule has 0 saturated heterocycles. The number of carbonyl (C=O) groups is 2. The lowest BCUT2D eigenvalue weighted by Crippen LogP contribution is -2.30. The smallest absolute Gasteiger partial charge is 0.320 e. The quantitative estimate of drug-likeness (QED) is 0.560. The average molecular weight is 188 g/mol. The first-order chi connectivity index (χ1) is 5.95. The fourth-order valence-corrected chi connectivity index (χ4v) is 0.402. The highest BCUT2D eigenvalue weighted by Crippen LogP contribution is 1.93. The van der Waals surface area contributed by atoms with E-state index in [0.29, 0.717) is 0 Å². The number of nitrogens with zero attached hydrogens (tertiary/aromatic N) is 1. The van der Waals surface area contributed by atoms with E-state index < -0.39 is 18.0 Å². The number of rotatable bonds is 4. The Bertz CT molecular complexity index is 209. The van der Waals surface area contributed by atoms with Crippen LogP contribution in [0.3, 0.4) is 0 Å². The zero-order valence-corrected chi connectivity index (χ0v) is 7.23. The summed E-state index contributed by atoms with van der Waals surface area (Å²) >= 11 is 0. The second-order valence-electron chi connectivity index (χ2n) is 2.10. The molecule has 0 aromatic carbocycles. The van der Waals surface area contributed by atoms with E-state index >= 15 is 0 Å². The van der Waals surface area contributed by atoms with Crippen LogP contribution in [0.1, 0.15) is 19.8 Å². The summed E-state index contributed by atoms with van der Waals surface area (Å²) in [5.41, 5.74) is 5.00. The van der Waals surface area contributed by atoms with Gasteiger partial charge < -0.3 is 15.9 Å². The fourth-order valence-electron chi connectivity index (χ4n) is 0.402. The van der Waals surface area contributed by atoms with E-state index in [4.69, 9.17) is 21.2 Å². The summed E-state index contributed by atoms with van der Waals surface area (Å²) in [6.07, 6.45) is -0.224. The van der Waals surface area contributed by atoms with Crippen LogP contribution in [-0.4, -0.2) is 28.2 Å². The number of carboxylic acids is 2. The molecule has 0 aliphatic carbocycles. The van der Waals surface area contributed by atoms with Crippen molar-refractivity contribution in [1.82, 2.24) is 0 Å². The Hall–Kier alpha value is -1.61. The maximum absolute atomic E-state index is 9.99. The van der Waals surface area contributed by atoms with Crippen LogP contribution in [0, 0.1) is 11.3 Å². The number of carboxylic acid groups (broad SMARTS) is 2. The molecule has 0 bridgehead atoms. The predicted octanol–water partition coefficient (Wildman–Crippen LogP) is -0.207. The molecule has 0 heterocycles. The van der Waals surface area contributed by atoms with Crippen molar-refractivity contribution < 1.29 is 19.8 Å². The highest BCUT2D eigenvalue weighted by Gasteiger charge is 2.12. The van der Waals surface area contributed by atoms with E-state index in [2.05, 4.69) is 0 Å². The lowest BCUT2D eigenvalue weighted by Gasteiger charge is -2.01. The molecule has 0 fully saturated rings. The highest BCUT2D eigenvalue weighted by atomic mass is 16.4. The minimum atomic E-state index is -1.17. The van der Waals surface area contributed by atoms with E-state index in [9.17, 15) is 9.59 Å². The molecule has 6 heteroatoms. The third-order valence-electron chi connectivity index (χ3n) is 0.986. The molecule has 0 amide bonds. The van der Waals surface area contributed by atoms with E-state index in [1.165, 1.54) is 6.92 Å². The summed E-state index contributed by atoms with van der Waals surface area (Å²) in [6.45, 7) is 1.43. The second kappa shape index (κ2) is 8.49. The van der Waals surface area contributed by atoms with Gasteiger partial charge in [0.1, 0.15) is 6.04 Å². The molecular formula is C7H12N2O4. The van der Waals surface area contributed by atoms with Gasteiger partial charge in [-0.15, -0.1) is 0 Å². The van der Waals surface area contributed by atoms with Crippen LogP contribution in [0.25, 0.3) is 0 Å². The van der Waals surface area contributed by atoms with E-state index in [0.717, 1.165) is 0 Å². The van der Waals surface area contributed by atoms with Crippen molar-refractivity contribution in [1.29, 1.82) is 5.26 Å². The van der Waals surface area contributed by atoms with Gasteiger partial charge in [-0.05, 0) is 6.42 Å². The summed E-state index contributed by atoms with van der Waals surface area (Å²) in [6, 6.07) is 0.691. The number of nitriles is 1. The average Bonchev–Trinajstić information content (AvgIpc) is 2.01. The van der Waals surface area contributed by atoms with Gasteiger partial charge in [0.25, 0.3) is 0 Å². The molecule has 0 spiro atoms. The molecule has 74 valence electrons. The monoisotopic (exact) mass is 188 g/mol. The van der Waals surface area contributed by atoms with E-state index in [1.807, 2.05) is 0 Å². The van der Waals surface area contributed by atoms with Crippen molar-refractivity contribution >= 4 is 11.9 Å². The molecule has 13 heavy (non-hydrogen) atoms. The zero-order valence-electron chi connectivity index (χ0n) is 7.23. The van der Waals surface area contributed by atoms with Crippen LogP contribution in [0.2, 0.25) is 0 Å². The SMILES string of the molecule is CC#N.N[C@@H](CCC(=O)O)C(=O)O. The lowest BCUT2D eigenvalue weighted by atomic mass is 10.2. The summed E-state index contributed by atoms with van der Waals surface area (Å²) in [7, 11) is 0. The van der Waals surface area contributed by atoms with E-state index in [-0.39, 0.29) is 12.8 Å². The van der Waals surface area contributed by atoms with Crippen LogP contribution in [-0.2, 0) is 9.59 Å². The molecule has 6 nitrogen and oxygen atoms in total. The third kappa shape index (κ3) is 13.4. The molecule has 0 aromatic heterocycles. The van der Waals surface area contributed by atoms with Gasteiger partial charge in [0, 0.05) is 13.3 Å². The Labute approximate surface area is 75.6 Å². The second-order valence-corrected chi connectivity index (χ2v) is 2.10. The van der Waals surface area contributed by atoms with Crippen LogP contribution < -0.4 is 5.73 Å². The first-order valence-corrected chi connectivity index (χ1v) is 3.46. The standard InChI is InChI=1S/C5H9NO4.C2H3N/c6-3(5(9)10)1-2-4(7)8;1-2-3/h3H,1-2,6H2,(H,7,8)(H,9,10);1H3/t3-;/m0./s1. The Kier molecular flexibility index (Phi) is 9.10. The van der Waals surface area contributed by atoms with Crippen LogP contribution >= 0.6 is 0 Å². The van der Waals surface area contributed by atoms with Crippen LogP contribution in [0.15, 0.2) is 0 Å². The normalized spacial score (nSPS) is 10.2. The van der Waals surface area contributed by atoms with Crippen molar-refractivity contribution in [2.45, 2.75) is 25.8 Å². The Morgan fingerprint density at radius 3 is 2.15 bits per heavy atom. The molecule has 0 saturated carbocycles. The van der Waals surface area contributed by atoms with Gasteiger partial charge in [-0.25, -0.2) is 0 Å². The Balaban J connectivity index is 0. The third-order valence-corrected chi connectivity index (χ3v) is 0.986. The van der Waals surface area contributed by atoms with Crippen molar-refractivity contribution in [3.63, 3.8) is 0 Å². The Morgan fingerprint density at radius 2 is 1.92 bits per heavy atom. The van der Waals surface area contributed by atoms with Crippen molar-refractivity contribution in [3.8, 4) is 6.07 Å². The van der Waals surface area contributed by atoms with Gasteiger partial charge in [-0.1, -0.05) is 0 Å². The molecule has 4 N–H and O–H groups in total. The fraction of sp³-hybridized carbons (Fsp3) is 0.571. The largest absolute Gasteiger partial charge is 0.481 e. The molecule has 0 aliphatic heterocycles. The summed E-state index contributed by atoms with van der Waals surface area (Å²) in [4.78, 5) is 19.9. The summed E-state index contributed by atoms with van der Waals surface area (Å²) in [5, 5.41) is 23.6. The number of hydrogen-bond acceptors (Lipinski definition) is 4. The van der Waals surface area contributed by atoms with Gasteiger partial charge in [-0.3, -0.25) is 9.59 Å². The molecule has 1 atom stereocenters. The van der Waals surface area contributed by atoms with E-state index in [1.54, 1.807) is 6.07 Å². The molecule has 0 aromatic rings.